The number of fused-ring (bicyclic) bond motifs is 4. The fourth-order valence-electron chi connectivity index (χ4n) is 6.48. The third-order valence-corrected chi connectivity index (χ3v) is 8.75. The minimum atomic E-state index is -0.751. The van der Waals surface area contributed by atoms with E-state index in [1.165, 1.54) is 11.6 Å². The molecule has 1 unspecified atom stereocenters. The molecular weight excluding hydrogens is 555 g/mol. The van der Waals surface area contributed by atoms with Gasteiger partial charge in [-0.1, -0.05) is 86.6 Å². The fraction of sp³-hybridized carbons (Fsp3) is 0.194. The smallest absolute Gasteiger partial charge is 0.332 e. The van der Waals surface area contributed by atoms with E-state index in [9.17, 15) is 18.8 Å². The molecular formula is C36H31FN4O3. The van der Waals surface area contributed by atoms with Gasteiger partial charge in [-0.25, -0.2) is 14.1 Å². The Morgan fingerprint density at radius 3 is 2.41 bits per heavy atom. The van der Waals surface area contributed by atoms with Crippen LogP contribution in [0.25, 0.3) is 10.9 Å². The second-order valence-corrected chi connectivity index (χ2v) is 11.7. The highest BCUT2D eigenvalue weighted by atomic mass is 19.1. The Hall–Kier alpha value is -5.24. The third-order valence-electron chi connectivity index (χ3n) is 8.75. The zero-order valence-corrected chi connectivity index (χ0v) is 24.4. The molecule has 0 radical (unpaired) electrons. The molecule has 0 aliphatic carbocycles. The standard InChI is InChI=1S/C36H31FN4O3/c1-21(2)22-15-17-23(18-16-22)33-32-27(25-10-4-7-13-29(25)39-32)19-31-35(43)41(36(44)40(31)33)30-14-8-5-11-26(30)34(42)38-20-24-9-3-6-12-28(24)37/h3-18,21,31,33,39H,19-20H2,1-2H3,(H,38,42)/t31-,33?/m0/s1. The summed E-state index contributed by atoms with van der Waals surface area (Å²) in [4.78, 5) is 48.3. The van der Waals surface area contributed by atoms with Gasteiger partial charge in [-0.15, -0.1) is 0 Å². The second kappa shape index (κ2) is 10.8. The lowest BCUT2D eigenvalue weighted by atomic mass is 9.88. The van der Waals surface area contributed by atoms with Crippen LogP contribution in [-0.4, -0.2) is 33.8 Å². The average molecular weight is 587 g/mol. The first-order chi connectivity index (χ1) is 21.3. The Morgan fingerprint density at radius 1 is 0.932 bits per heavy atom. The number of carbonyl (C=O) groups is 3. The highest BCUT2D eigenvalue weighted by Crippen LogP contribution is 2.45. The molecule has 1 fully saturated rings. The van der Waals surface area contributed by atoms with Crippen LogP contribution in [0.3, 0.4) is 0 Å². The Bertz CT molecular complexity index is 1930. The molecule has 2 N–H and O–H groups in total. The summed E-state index contributed by atoms with van der Waals surface area (Å²) in [5.41, 5.74) is 5.62. The van der Waals surface area contributed by atoms with Crippen LogP contribution in [0.4, 0.5) is 14.9 Å². The highest BCUT2D eigenvalue weighted by molar-refractivity contribution is 6.24. The number of para-hydroxylation sites is 2. The normalized spacial score (nSPS) is 17.7. The lowest BCUT2D eigenvalue weighted by Crippen LogP contribution is -2.44. The van der Waals surface area contributed by atoms with E-state index in [0.717, 1.165) is 32.6 Å². The summed E-state index contributed by atoms with van der Waals surface area (Å²) in [6.07, 6.45) is 0.350. The molecule has 7 rings (SSSR count). The number of hydrogen-bond acceptors (Lipinski definition) is 3. The van der Waals surface area contributed by atoms with Gasteiger partial charge in [0.15, 0.2) is 0 Å². The van der Waals surface area contributed by atoms with Gasteiger partial charge in [-0.2, -0.15) is 0 Å². The maximum Gasteiger partial charge on any atom is 0.332 e. The van der Waals surface area contributed by atoms with Crippen LogP contribution < -0.4 is 10.2 Å². The van der Waals surface area contributed by atoms with E-state index in [0.29, 0.717) is 17.9 Å². The quantitative estimate of drug-likeness (QED) is 0.214. The molecule has 8 heteroatoms. The summed E-state index contributed by atoms with van der Waals surface area (Å²) < 4.78 is 14.2. The van der Waals surface area contributed by atoms with Gasteiger partial charge in [-0.05, 0) is 46.9 Å². The third kappa shape index (κ3) is 4.45. The van der Waals surface area contributed by atoms with Crippen LogP contribution in [0, 0.1) is 5.82 Å². The van der Waals surface area contributed by atoms with Crippen molar-refractivity contribution in [1.82, 2.24) is 15.2 Å². The Labute approximate surface area is 254 Å². The zero-order chi connectivity index (χ0) is 30.5. The lowest BCUT2D eigenvalue weighted by Gasteiger charge is -2.36. The molecule has 3 heterocycles. The Morgan fingerprint density at radius 2 is 1.64 bits per heavy atom. The number of anilines is 1. The predicted octanol–water partition coefficient (Wildman–Crippen LogP) is 6.84. The highest BCUT2D eigenvalue weighted by Gasteiger charge is 2.53. The van der Waals surface area contributed by atoms with Crippen molar-refractivity contribution in [2.75, 3.05) is 4.90 Å². The van der Waals surface area contributed by atoms with Gasteiger partial charge in [0.2, 0.25) is 0 Å². The minimum Gasteiger partial charge on any atom is -0.356 e. The summed E-state index contributed by atoms with van der Waals surface area (Å²) in [5, 5.41) is 3.77. The molecule has 0 spiro atoms. The van der Waals surface area contributed by atoms with Crippen molar-refractivity contribution >= 4 is 34.4 Å². The van der Waals surface area contributed by atoms with Crippen molar-refractivity contribution in [1.29, 1.82) is 0 Å². The van der Waals surface area contributed by atoms with E-state index in [2.05, 4.69) is 36.3 Å². The van der Waals surface area contributed by atoms with E-state index >= 15 is 0 Å². The number of rotatable bonds is 6. The molecule has 1 aromatic heterocycles. The van der Waals surface area contributed by atoms with Crippen molar-refractivity contribution in [3.05, 3.63) is 136 Å². The number of aromatic amines is 1. The van der Waals surface area contributed by atoms with Crippen molar-refractivity contribution in [3.8, 4) is 0 Å². The van der Waals surface area contributed by atoms with Crippen molar-refractivity contribution in [2.24, 2.45) is 0 Å². The van der Waals surface area contributed by atoms with E-state index in [-0.39, 0.29) is 23.7 Å². The first kappa shape index (κ1) is 27.6. The van der Waals surface area contributed by atoms with Gasteiger partial charge in [-0.3, -0.25) is 14.5 Å². The number of amides is 4. The number of nitrogens with one attached hydrogen (secondary N) is 2. The van der Waals surface area contributed by atoms with Gasteiger partial charge in [0.1, 0.15) is 17.9 Å². The SMILES string of the molecule is CC(C)c1ccc(C2c3[nH]c4ccccc4c3C[C@H]3C(=O)N(c4ccccc4C(=O)NCc4ccccc4F)C(=O)N23)cc1. The number of halogens is 1. The van der Waals surface area contributed by atoms with Crippen LogP contribution in [0.1, 0.15) is 64.1 Å². The molecule has 4 amide bonds. The largest absolute Gasteiger partial charge is 0.356 e. The number of aromatic nitrogens is 1. The van der Waals surface area contributed by atoms with Crippen LogP contribution in [0.2, 0.25) is 0 Å². The summed E-state index contributed by atoms with van der Waals surface area (Å²) in [5.74, 6) is -0.972. The molecule has 2 atom stereocenters. The molecule has 0 bridgehead atoms. The summed E-state index contributed by atoms with van der Waals surface area (Å²) in [6, 6.07) is 27.2. The van der Waals surface area contributed by atoms with Gasteiger partial charge < -0.3 is 10.3 Å². The zero-order valence-electron chi connectivity index (χ0n) is 24.4. The number of carbonyl (C=O) groups excluding carboxylic acids is 3. The van der Waals surface area contributed by atoms with Crippen molar-refractivity contribution < 1.29 is 18.8 Å². The maximum absolute atomic E-state index is 14.4. The van der Waals surface area contributed by atoms with Gasteiger partial charge in [0.05, 0.1) is 11.3 Å². The number of H-pyrrole nitrogens is 1. The van der Waals surface area contributed by atoms with Crippen LogP contribution in [0.15, 0.2) is 97.1 Å². The molecule has 4 aromatic carbocycles. The second-order valence-electron chi connectivity index (χ2n) is 11.7. The molecule has 44 heavy (non-hydrogen) atoms. The molecule has 5 aromatic rings. The topological polar surface area (TPSA) is 85.5 Å². The number of nitrogens with zero attached hydrogens (tertiary/aromatic N) is 2. The first-order valence-corrected chi connectivity index (χ1v) is 14.8. The van der Waals surface area contributed by atoms with Gasteiger partial charge in [0.25, 0.3) is 11.8 Å². The summed E-state index contributed by atoms with van der Waals surface area (Å²) >= 11 is 0. The van der Waals surface area contributed by atoms with E-state index < -0.39 is 29.8 Å². The number of benzene rings is 4. The number of urea groups is 1. The van der Waals surface area contributed by atoms with Crippen molar-refractivity contribution in [3.63, 3.8) is 0 Å². The lowest BCUT2D eigenvalue weighted by molar-refractivity contribution is -0.120. The number of hydrogen-bond donors (Lipinski definition) is 2. The van der Waals surface area contributed by atoms with Gasteiger partial charge in [0, 0.05) is 35.1 Å². The Balaban J connectivity index is 1.28. The minimum absolute atomic E-state index is 0.0351. The van der Waals surface area contributed by atoms with E-state index in [1.807, 2.05) is 36.4 Å². The van der Waals surface area contributed by atoms with E-state index in [4.69, 9.17) is 0 Å². The molecule has 2 aliphatic rings. The van der Waals surface area contributed by atoms with Crippen LogP contribution in [-0.2, 0) is 17.8 Å². The first-order valence-electron chi connectivity index (χ1n) is 14.8. The fourth-order valence-corrected chi connectivity index (χ4v) is 6.48. The molecule has 2 aliphatic heterocycles. The van der Waals surface area contributed by atoms with Gasteiger partial charge >= 0.3 is 6.03 Å². The molecule has 1 saturated heterocycles. The Kier molecular flexibility index (Phi) is 6.77. The van der Waals surface area contributed by atoms with E-state index in [1.54, 1.807) is 47.4 Å². The van der Waals surface area contributed by atoms with Crippen LogP contribution in [0.5, 0.6) is 0 Å². The number of imide groups is 1. The summed E-state index contributed by atoms with van der Waals surface area (Å²) in [6.45, 7) is 4.23. The van der Waals surface area contributed by atoms with Crippen LogP contribution >= 0.6 is 0 Å². The summed E-state index contributed by atoms with van der Waals surface area (Å²) in [7, 11) is 0. The predicted molar refractivity (Wildman–Crippen MR) is 167 cm³/mol. The maximum atomic E-state index is 14.4. The van der Waals surface area contributed by atoms with Crippen molar-refractivity contribution in [2.45, 2.75) is 44.8 Å². The average Bonchev–Trinajstić information content (AvgIpc) is 3.53. The molecule has 7 nitrogen and oxygen atoms in total. The molecule has 220 valence electrons. The monoisotopic (exact) mass is 586 g/mol. The molecule has 0 saturated carbocycles.